The van der Waals surface area contributed by atoms with Crippen molar-refractivity contribution < 1.29 is 19.0 Å². The van der Waals surface area contributed by atoms with Gasteiger partial charge in [-0.2, -0.15) is 0 Å². The molecule has 4 rings (SSSR count). The van der Waals surface area contributed by atoms with Gasteiger partial charge in [0.2, 0.25) is 0 Å². The van der Waals surface area contributed by atoms with E-state index in [0.717, 1.165) is 28.8 Å². The molecule has 2 heterocycles. The number of thiazole rings is 1. The summed E-state index contributed by atoms with van der Waals surface area (Å²) in [5.41, 5.74) is 0.800. The number of hydrogen-bond acceptors (Lipinski definition) is 6. The van der Waals surface area contributed by atoms with Crippen molar-refractivity contribution in [3.05, 3.63) is 12.1 Å². The normalized spacial score (nSPS) is 18.4. The second-order valence-electron chi connectivity index (χ2n) is 6.41. The Morgan fingerprint density at radius 3 is 2.76 bits per heavy atom. The molecule has 1 N–H and O–H groups in total. The van der Waals surface area contributed by atoms with E-state index in [-0.39, 0.29) is 12.0 Å². The first-order valence-electron chi connectivity index (χ1n) is 8.89. The molecule has 1 fully saturated rings. The fraction of sp³-hybridized carbons (Fsp3) is 0.556. The average Bonchev–Trinajstić information content (AvgIpc) is 3.26. The van der Waals surface area contributed by atoms with Crippen molar-refractivity contribution in [3.8, 4) is 11.5 Å². The third-order valence-electron chi connectivity index (χ3n) is 4.60. The maximum atomic E-state index is 12.5. The molecule has 1 atom stereocenters. The van der Waals surface area contributed by atoms with Gasteiger partial charge in [0.25, 0.3) is 5.91 Å². The Balaban J connectivity index is 1.48. The lowest BCUT2D eigenvalue weighted by molar-refractivity contribution is -0.131. The minimum atomic E-state index is -0.421. The van der Waals surface area contributed by atoms with Crippen molar-refractivity contribution in [2.75, 3.05) is 18.5 Å². The molecule has 1 amide bonds. The topological polar surface area (TPSA) is 69.7 Å². The molecule has 0 spiro atoms. The van der Waals surface area contributed by atoms with Gasteiger partial charge in [-0.1, -0.05) is 31.1 Å². The molecule has 1 aliphatic carbocycles. The van der Waals surface area contributed by atoms with E-state index in [1.54, 1.807) is 0 Å². The lowest BCUT2D eigenvalue weighted by atomic mass is 10.2. The van der Waals surface area contributed by atoms with Crippen LogP contribution < -0.4 is 14.8 Å². The first kappa shape index (κ1) is 16.6. The van der Waals surface area contributed by atoms with Crippen LogP contribution in [0.3, 0.4) is 0 Å². The van der Waals surface area contributed by atoms with E-state index in [1.807, 2.05) is 19.1 Å². The summed E-state index contributed by atoms with van der Waals surface area (Å²) < 4.78 is 18.1. The summed E-state index contributed by atoms with van der Waals surface area (Å²) in [6.07, 6.45) is 4.93. The first-order chi connectivity index (χ1) is 12.2. The van der Waals surface area contributed by atoms with Crippen LogP contribution >= 0.6 is 11.3 Å². The standard InChI is InChI=1S/C18H22N2O4S/c1-2-13(24-11-5-3-4-6-11)17(21)20-18-19-12-9-14-15(10-16(12)25-18)23-8-7-22-14/h9-11,13H,2-8H2,1H3,(H,19,20,21). The number of nitrogens with one attached hydrogen (secondary N) is 1. The molecular formula is C18H22N2O4S. The Kier molecular flexibility index (Phi) is 4.76. The van der Waals surface area contributed by atoms with Crippen LogP contribution in [0, 0.1) is 0 Å². The Morgan fingerprint density at radius 2 is 2.04 bits per heavy atom. The summed E-state index contributed by atoms with van der Waals surface area (Å²) in [5.74, 6) is 1.32. The summed E-state index contributed by atoms with van der Waals surface area (Å²) in [6, 6.07) is 3.78. The molecule has 7 heteroatoms. The third-order valence-corrected chi connectivity index (χ3v) is 5.54. The number of aromatic nitrogens is 1. The monoisotopic (exact) mass is 362 g/mol. The van der Waals surface area contributed by atoms with Crippen molar-refractivity contribution in [2.24, 2.45) is 0 Å². The van der Waals surface area contributed by atoms with Gasteiger partial charge in [-0.25, -0.2) is 4.98 Å². The summed E-state index contributed by atoms with van der Waals surface area (Å²) in [6.45, 7) is 3.07. The summed E-state index contributed by atoms with van der Waals surface area (Å²) >= 11 is 1.43. The molecule has 2 aromatic rings. The van der Waals surface area contributed by atoms with E-state index in [9.17, 15) is 4.79 Å². The van der Waals surface area contributed by atoms with E-state index in [4.69, 9.17) is 14.2 Å². The lowest BCUT2D eigenvalue weighted by Crippen LogP contribution is -2.32. The maximum Gasteiger partial charge on any atom is 0.255 e. The summed E-state index contributed by atoms with van der Waals surface area (Å²) in [4.78, 5) is 17.1. The molecule has 0 saturated heterocycles. The average molecular weight is 362 g/mol. The molecule has 2 aliphatic rings. The number of nitrogens with zero attached hydrogens (tertiary/aromatic N) is 1. The number of amides is 1. The second-order valence-corrected chi connectivity index (χ2v) is 7.44. The number of fused-ring (bicyclic) bond motifs is 2. The molecular weight excluding hydrogens is 340 g/mol. The number of rotatable bonds is 5. The minimum absolute atomic E-state index is 0.120. The number of ether oxygens (including phenoxy) is 3. The molecule has 1 aliphatic heterocycles. The van der Waals surface area contributed by atoms with E-state index in [2.05, 4.69) is 10.3 Å². The van der Waals surface area contributed by atoms with Gasteiger partial charge >= 0.3 is 0 Å². The molecule has 25 heavy (non-hydrogen) atoms. The van der Waals surface area contributed by atoms with Gasteiger partial charge in [-0.15, -0.1) is 0 Å². The molecule has 0 bridgehead atoms. The Labute approximate surface area is 150 Å². The first-order valence-corrected chi connectivity index (χ1v) is 9.71. The maximum absolute atomic E-state index is 12.5. The highest BCUT2D eigenvalue weighted by atomic mass is 32.1. The summed E-state index contributed by atoms with van der Waals surface area (Å²) in [7, 11) is 0. The second kappa shape index (κ2) is 7.17. The quantitative estimate of drug-likeness (QED) is 0.877. The molecule has 0 radical (unpaired) electrons. The van der Waals surface area contributed by atoms with Gasteiger partial charge < -0.3 is 14.2 Å². The van der Waals surface area contributed by atoms with E-state index in [1.165, 1.54) is 24.2 Å². The zero-order valence-electron chi connectivity index (χ0n) is 14.2. The van der Waals surface area contributed by atoms with Crippen molar-refractivity contribution in [3.63, 3.8) is 0 Å². The molecule has 6 nitrogen and oxygen atoms in total. The van der Waals surface area contributed by atoms with Gasteiger partial charge in [-0.3, -0.25) is 10.1 Å². The van der Waals surface area contributed by atoms with E-state index >= 15 is 0 Å². The SMILES string of the molecule is CCC(OC1CCCC1)C(=O)Nc1nc2cc3c(cc2s1)OCCO3. The summed E-state index contributed by atoms with van der Waals surface area (Å²) in [5, 5.41) is 3.49. The third kappa shape index (κ3) is 3.57. The van der Waals surface area contributed by atoms with Crippen molar-refractivity contribution in [1.29, 1.82) is 0 Å². The van der Waals surface area contributed by atoms with Crippen molar-refractivity contribution >= 4 is 32.6 Å². The number of hydrogen-bond donors (Lipinski definition) is 1. The van der Waals surface area contributed by atoms with Gasteiger partial charge in [0.15, 0.2) is 16.6 Å². The highest BCUT2D eigenvalue weighted by molar-refractivity contribution is 7.22. The van der Waals surface area contributed by atoms with Gasteiger partial charge in [0.1, 0.15) is 19.3 Å². The Bertz CT molecular complexity index is 727. The zero-order valence-corrected chi connectivity index (χ0v) is 15.1. The molecule has 1 aromatic carbocycles. The Morgan fingerprint density at radius 1 is 1.32 bits per heavy atom. The fourth-order valence-electron chi connectivity index (χ4n) is 3.30. The number of carbonyl (C=O) groups excluding carboxylic acids is 1. The predicted octanol–water partition coefficient (Wildman–Crippen LogP) is 3.74. The van der Waals surface area contributed by atoms with Crippen LogP contribution in [0.4, 0.5) is 5.13 Å². The van der Waals surface area contributed by atoms with Crippen LogP contribution in [-0.2, 0) is 9.53 Å². The molecule has 1 saturated carbocycles. The molecule has 1 aromatic heterocycles. The molecule has 134 valence electrons. The van der Waals surface area contributed by atoms with E-state index < -0.39 is 6.10 Å². The minimum Gasteiger partial charge on any atom is -0.486 e. The number of benzene rings is 1. The van der Waals surface area contributed by atoms with Crippen molar-refractivity contribution in [2.45, 2.75) is 51.2 Å². The zero-order chi connectivity index (χ0) is 17.2. The van der Waals surface area contributed by atoms with Gasteiger partial charge in [0.05, 0.1) is 16.3 Å². The Hall–Kier alpha value is -1.86. The van der Waals surface area contributed by atoms with Gasteiger partial charge in [-0.05, 0) is 19.3 Å². The van der Waals surface area contributed by atoms with Crippen LogP contribution in [0.5, 0.6) is 11.5 Å². The van der Waals surface area contributed by atoms with Gasteiger partial charge in [0, 0.05) is 12.1 Å². The fourth-order valence-corrected chi connectivity index (χ4v) is 4.18. The predicted molar refractivity (Wildman–Crippen MR) is 96.7 cm³/mol. The van der Waals surface area contributed by atoms with Crippen LogP contribution in [-0.4, -0.2) is 36.3 Å². The lowest BCUT2D eigenvalue weighted by Gasteiger charge is -2.19. The highest BCUT2D eigenvalue weighted by Crippen LogP contribution is 2.38. The van der Waals surface area contributed by atoms with Crippen LogP contribution in [0.1, 0.15) is 39.0 Å². The van der Waals surface area contributed by atoms with Crippen LogP contribution in [0.25, 0.3) is 10.2 Å². The number of carbonyl (C=O) groups is 1. The van der Waals surface area contributed by atoms with Crippen LogP contribution in [0.15, 0.2) is 12.1 Å². The van der Waals surface area contributed by atoms with Crippen LogP contribution in [0.2, 0.25) is 0 Å². The van der Waals surface area contributed by atoms with Crippen molar-refractivity contribution in [1.82, 2.24) is 4.98 Å². The van der Waals surface area contributed by atoms with E-state index in [0.29, 0.717) is 30.5 Å². The number of anilines is 1. The smallest absolute Gasteiger partial charge is 0.255 e. The highest BCUT2D eigenvalue weighted by Gasteiger charge is 2.25. The molecule has 1 unspecified atom stereocenters. The largest absolute Gasteiger partial charge is 0.486 e.